The molecular formula is C15H18N2O. The van der Waals surface area contributed by atoms with Crippen LogP contribution < -0.4 is 4.74 Å². The number of hydrogen-bond donors (Lipinski definition) is 0. The fraction of sp³-hybridized carbons (Fsp3) is 0.333. The van der Waals surface area contributed by atoms with E-state index in [0.717, 1.165) is 11.3 Å². The van der Waals surface area contributed by atoms with Crippen LogP contribution >= 0.6 is 0 Å². The molecule has 2 rings (SSSR count). The first-order chi connectivity index (χ1) is 8.66. The number of ether oxygens (including phenoxy) is 1. The molecule has 3 nitrogen and oxygen atoms in total. The molecule has 0 atom stereocenters. The van der Waals surface area contributed by atoms with E-state index < -0.39 is 0 Å². The zero-order valence-corrected chi connectivity index (χ0v) is 11.1. The van der Waals surface area contributed by atoms with Crippen molar-refractivity contribution in [2.75, 3.05) is 0 Å². The minimum Gasteiger partial charge on any atom is -0.485 e. The van der Waals surface area contributed by atoms with E-state index in [-0.39, 0.29) is 0 Å². The lowest BCUT2D eigenvalue weighted by molar-refractivity contribution is 0.293. The van der Waals surface area contributed by atoms with E-state index in [1.165, 1.54) is 5.56 Å². The lowest BCUT2D eigenvalue weighted by Gasteiger charge is -2.12. The van der Waals surface area contributed by atoms with Crippen LogP contribution in [0.5, 0.6) is 5.75 Å². The highest BCUT2D eigenvalue weighted by Crippen LogP contribution is 2.24. The Kier molecular flexibility index (Phi) is 3.92. The summed E-state index contributed by atoms with van der Waals surface area (Å²) in [6.07, 6.45) is 3.45. The van der Waals surface area contributed by atoms with E-state index in [4.69, 9.17) is 4.74 Å². The molecule has 0 aliphatic rings. The van der Waals surface area contributed by atoms with Crippen LogP contribution in [0, 0.1) is 6.92 Å². The maximum atomic E-state index is 5.79. The first-order valence-corrected chi connectivity index (χ1v) is 6.16. The van der Waals surface area contributed by atoms with Gasteiger partial charge >= 0.3 is 0 Å². The summed E-state index contributed by atoms with van der Waals surface area (Å²) in [7, 11) is 0. The Balaban J connectivity index is 2.11. The average Bonchev–Trinajstić information content (AvgIpc) is 2.38. The molecule has 3 heteroatoms. The molecule has 0 saturated carbocycles. The molecule has 18 heavy (non-hydrogen) atoms. The van der Waals surface area contributed by atoms with E-state index in [0.29, 0.717) is 18.3 Å². The highest BCUT2D eigenvalue weighted by molar-refractivity contribution is 5.37. The summed E-state index contributed by atoms with van der Waals surface area (Å²) < 4.78 is 5.79. The van der Waals surface area contributed by atoms with Gasteiger partial charge in [-0.05, 0) is 36.1 Å². The maximum Gasteiger partial charge on any atom is 0.166 e. The number of nitrogens with zero attached hydrogens (tertiary/aromatic N) is 2. The van der Waals surface area contributed by atoms with Crippen molar-refractivity contribution in [3.05, 3.63) is 53.6 Å². The van der Waals surface area contributed by atoms with E-state index in [9.17, 15) is 0 Å². The molecule has 0 amide bonds. The van der Waals surface area contributed by atoms with Crippen molar-refractivity contribution < 1.29 is 4.74 Å². The SMILES string of the molecule is Cc1ccc(C(C)C)cc1OCc1ncccn1. The Hall–Kier alpha value is -1.90. The fourth-order valence-electron chi connectivity index (χ4n) is 1.68. The van der Waals surface area contributed by atoms with Gasteiger partial charge in [0.15, 0.2) is 5.82 Å². The van der Waals surface area contributed by atoms with E-state index in [1.54, 1.807) is 18.5 Å². The molecule has 0 unspecified atom stereocenters. The monoisotopic (exact) mass is 242 g/mol. The van der Waals surface area contributed by atoms with Crippen LogP contribution in [0.3, 0.4) is 0 Å². The molecule has 94 valence electrons. The Labute approximate surface area is 108 Å². The maximum absolute atomic E-state index is 5.79. The smallest absolute Gasteiger partial charge is 0.166 e. The number of benzene rings is 1. The molecule has 0 saturated heterocycles. The lowest BCUT2D eigenvalue weighted by atomic mass is 10.0. The second-order valence-corrected chi connectivity index (χ2v) is 4.63. The quantitative estimate of drug-likeness (QED) is 0.823. The van der Waals surface area contributed by atoms with Gasteiger partial charge in [0.2, 0.25) is 0 Å². The molecule has 1 aromatic heterocycles. The molecule has 1 heterocycles. The third kappa shape index (κ3) is 3.06. The third-order valence-corrected chi connectivity index (χ3v) is 2.85. The molecular weight excluding hydrogens is 224 g/mol. The second-order valence-electron chi connectivity index (χ2n) is 4.63. The van der Waals surface area contributed by atoms with Crippen molar-refractivity contribution in [3.8, 4) is 5.75 Å². The molecule has 0 radical (unpaired) electrons. The van der Waals surface area contributed by atoms with Gasteiger partial charge in [-0.1, -0.05) is 26.0 Å². The van der Waals surface area contributed by atoms with Gasteiger partial charge in [-0.3, -0.25) is 0 Å². The average molecular weight is 242 g/mol. The zero-order valence-electron chi connectivity index (χ0n) is 11.1. The Bertz CT molecular complexity index is 509. The number of aryl methyl sites for hydroxylation is 1. The summed E-state index contributed by atoms with van der Waals surface area (Å²) in [5, 5.41) is 0. The van der Waals surface area contributed by atoms with E-state index in [1.807, 2.05) is 6.92 Å². The largest absolute Gasteiger partial charge is 0.485 e. The van der Waals surface area contributed by atoms with Crippen LogP contribution in [0.4, 0.5) is 0 Å². The van der Waals surface area contributed by atoms with Crippen molar-refractivity contribution in [1.82, 2.24) is 9.97 Å². The first-order valence-electron chi connectivity index (χ1n) is 6.16. The molecule has 0 aliphatic heterocycles. The standard InChI is InChI=1S/C15H18N2O/c1-11(2)13-6-5-12(3)14(9-13)18-10-15-16-7-4-8-17-15/h4-9,11H,10H2,1-3H3. The van der Waals surface area contributed by atoms with Crippen molar-refractivity contribution in [2.24, 2.45) is 0 Å². The molecule has 1 aromatic carbocycles. The molecule has 2 aromatic rings. The molecule has 0 N–H and O–H groups in total. The van der Waals surface area contributed by atoms with Gasteiger partial charge in [0.25, 0.3) is 0 Å². The Morgan fingerprint density at radius 1 is 1.17 bits per heavy atom. The summed E-state index contributed by atoms with van der Waals surface area (Å²) >= 11 is 0. The van der Waals surface area contributed by atoms with Gasteiger partial charge in [0.1, 0.15) is 12.4 Å². The van der Waals surface area contributed by atoms with Crippen LogP contribution in [0.25, 0.3) is 0 Å². The third-order valence-electron chi connectivity index (χ3n) is 2.85. The van der Waals surface area contributed by atoms with Crippen LogP contribution in [-0.2, 0) is 6.61 Å². The second kappa shape index (κ2) is 5.63. The lowest BCUT2D eigenvalue weighted by Crippen LogP contribution is -2.02. The van der Waals surface area contributed by atoms with Crippen LogP contribution in [0.15, 0.2) is 36.7 Å². The number of aromatic nitrogens is 2. The van der Waals surface area contributed by atoms with Gasteiger partial charge in [-0.25, -0.2) is 9.97 Å². The first kappa shape index (κ1) is 12.6. The zero-order chi connectivity index (χ0) is 13.0. The number of hydrogen-bond acceptors (Lipinski definition) is 3. The summed E-state index contributed by atoms with van der Waals surface area (Å²) in [5.41, 5.74) is 2.42. The molecule has 0 aliphatic carbocycles. The van der Waals surface area contributed by atoms with Crippen LogP contribution in [-0.4, -0.2) is 9.97 Å². The van der Waals surface area contributed by atoms with E-state index in [2.05, 4.69) is 42.0 Å². The summed E-state index contributed by atoms with van der Waals surface area (Å²) in [4.78, 5) is 8.29. The summed E-state index contributed by atoms with van der Waals surface area (Å²) in [6, 6.07) is 8.14. The summed E-state index contributed by atoms with van der Waals surface area (Å²) in [6.45, 7) is 6.80. The predicted molar refractivity (Wildman–Crippen MR) is 71.6 cm³/mol. The fourth-order valence-corrected chi connectivity index (χ4v) is 1.68. The molecule has 0 spiro atoms. The van der Waals surface area contributed by atoms with Gasteiger partial charge < -0.3 is 4.74 Å². The highest BCUT2D eigenvalue weighted by atomic mass is 16.5. The number of rotatable bonds is 4. The van der Waals surface area contributed by atoms with Gasteiger partial charge in [-0.2, -0.15) is 0 Å². The minimum atomic E-state index is 0.406. The Morgan fingerprint density at radius 3 is 2.56 bits per heavy atom. The summed E-state index contributed by atoms with van der Waals surface area (Å²) in [5.74, 6) is 2.11. The van der Waals surface area contributed by atoms with Gasteiger partial charge in [-0.15, -0.1) is 0 Å². The van der Waals surface area contributed by atoms with Crippen molar-refractivity contribution >= 4 is 0 Å². The highest BCUT2D eigenvalue weighted by Gasteiger charge is 2.05. The normalized spacial score (nSPS) is 10.7. The van der Waals surface area contributed by atoms with Crippen LogP contribution in [0.1, 0.15) is 36.7 Å². The minimum absolute atomic E-state index is 0.406. The van der Waals surface area contributed by atoms with Crippen LogP contribution in [0.2, 0.25) is 0 Å². The van der Waals surface area contributed by atoms with E-state index >= 15 is 0 Å². The Morgan fingerprint density at radius 2 is 1.89 bits per heavy atom. The molecule has 0 fully saturated rings. The molecule has 0 bridgehead atoms. The predicted octanol–water partition coefficient (Wildman–Crippen LogP) is 3.49. The topological polar surface area (TPSA) is 35.0 Å². The van der Waals surface area contributed by atoms with Crippen molar-refractivity contribution in [1.29, 1.82) is 0 Å². The van der Waals surface area contributed by atoms with Gasteiger partial charge in [0, 0.05) is 12.4 Å². The van der Waals surface area contributed by atoms with Crippen molar-refractivity contribution in [2.45, 2.75) is 33.3 Å². The van der Waals surface area contributed by atoms with Crippen molar-refractivity contribution in [3.63, 3.8) is 0 Å². The van der Waals surface area contributed by atoms with Gasteiger partial charge in [0.05, 0.1) is 0 Å².